The first-order valence-corrected chi connectivity index (χ1v) is 4.75. The fourth-order valence-electron chi connectivity index (χ4n) is 0.637. The van der Waals surface area contributed by atoms with Crippen LogP contribution in [0.3, 0.4) is 0 Å². The molecule has 0 aliphatic rings. The largest absolute Gasteiger partial charge is 0.287 e. The van der Waals surface area contributed by atoms with Gasteiger partial charge in [-0.1, -0.05) is 13.8 Å². The summed E-state index contributed by atoms with van der Waals surface area (Å²) in [5, 5.41) is 0.0110. The molecule has 0 bridgehead atoms. The summed E-state index contributed by atoms with van der Waals surface area (Å²) in [6, 6.07) is 0. The van der Waals surface area contributed by atoms with Crippen molar-refractivity contribution in [2.45, 2.75) is 39.5 Å². The highest BCUT2D eigenvalue weighted by atomic mass is 32.2. The van der Waals surface area contributed by atoms with Crippen molar-refractivity contribution >= 4 is 22.0 Å². The van der Waals surface area contributed by atoms with Gasteiger partial charge in [-0.15, -0.1) is 0 Å². The van der Waals surface area contributed by atoms with Gasteiger partial charge in [0.15, 0.2) is 10.2 Å². The van der Waals surface area contributed by atoms with Gasteiger partial charge in [0.1, 0.15) is 0 Å². The lowest BCUT2D eigenvalue weighted by atomic mass is 10.4. The molecule has 0 aliphatic heterocycles. The lowest BCUT2D eigenvalue weighted by molar-refractivity contribution is -0.113. The van der Waals surface area contributed by atoms with Gasteiger partial charge in [-0.05, 0) is 24.6 Å². The summed E-state index contributed by atoms with van der Waals surface area (Å²) in [6.45, 7) is 3.87. The van der Waals surface area contributed by atoms with Crippen LogP contribution in [0, 0.1) is 0 Å². The molecule has 0 heterocycles. The van der Waals surface area contributed by atoms with Gasteiger partial charge in [-0.25, -0.2) is 0 Å². The molecule has 11 heavy (non-hydrogen) atoms. The van der Waals surface area contributed by atoms with Crippen molar-refractivity contribution in [3.05, 3.63) is 0 Å². The van der Waals surface area contributed by atoms with Crippen LogP contribution in [-0.2, 0) is 9.59 Å². The molecule has 0 aromatic rings. The SMILES string of the molecule is CCCC(=O)SC(=O)CCC. The molecule has 0 radical (unpaired) electrons. The van der Waals surface area contributed by atoms with Crippen molar-refractivity contribution in [1.29, 1.82) is 0 Å². The highest BCUT2D eigenvalue weighted by Crippen LogP contribution is 2.11. The van der Waals surface area contributed by atoms with E-state index >= 15 is 0 Å². The number of hydrogen-bond acceptors (Lipinski definition) is 3. The highest BCUT2D eigenvalue weighted by Gasteiger charge is 2.07. The van der Waals surface area contributed by atoms with E-state index in [0.29, 0.717) is 12.8 Å². The van der Waals surface area contributed by atoms with E-state index in [9.17, 15) is 9.59 Å². The quantitative estimate of drug-likeness (QED) is 0.656. The molecule has 0 N–H and O–H groups in total. The lowest BCUT2D eigenvalue weighted by Crippen LogP contribution is -1.97. The van der Waals surface area contributed by atoms with Crippen molar-refractivity contribution < 1.29 is 9.59 Å². The standard InChI is InChI=1S/C8H14O2S/c1-3-5-7(9)11-8(10)6-4-2/h3-6H2,1-2H3. The number of carbonyl (C=O) groups excluding carboxylic acids is 2. The number of rotatable bonds is 4. The van der Waals surface area contributed by atoms with Crippen LogP contribution < -0.4 is 0 Å². The molecule has 0 aromatic carbocycles. The third-order valence-corrected chi connectivity index (χ3v) is 2.00. The van der Waals surface area contributed by atoms with Gasteiger partial charge in [0.05, 0.1) is 0 Å². The summed E-state index contributed by atoms with van der Waals surface area (Å²) in [6.07, 6.45) is 2.68. The smallest absolute Gasteiger partial charge is 0.196 e. The predicted octanol–water partition coefficient (Wildman–Crippen LogP) is 2.37. The zero-order valence-corrected chi connectivity index (χ0v) is 7.87. The minimum absolute atomic E-state index is 0.00551. The summed E-state index contributed by atoms with van der Waals surface area (Å²) in [5.74, 6) is 0. The Bertz CT molecular complexity index is 127. The molecule has 0 rings (SSSR count). The van der Waals surface area contributed by atoms with Gasteiger partial charge in [-0.2, -0.15) is 0 Å². The zero-order chi connectivity index (χ0) is 8.69. The Hall–Kier alpha value is -0.310. The van der Waals surface area contributed by atoms with E-state index in [1.54, 1.807) is 0 Å². The Morgan fingerprint density at radius 1 is 1.00 bits per heavy atom. The van der Waals surface area contributed by atoms with E-state index in [1.807, 2.05) is 13.8 Å². The van der Waals surface area contributed by atoms with Gasteiger partial charge >= 0.3 is 0 Å². The summed E-state index contributed by atoms with van der Waals surface area (Å²) < 4.78 is 0. The molecule has 0 atom stereocenters. The first kappa shape index (κ1) is 10.7. The van der Waals surface area contributed by atoms with Crippen LogP contribution in [0.2, 0.25) is 0 Å². The van der Waals surface area contributed by atoms with Crippen LogP contribution in [0.5, 0.6) is 0 Å². The molecule has 0 saturated heterocycles. The Morgan fingerprint density at radius 3 is 1.64 bits per heavy atom. The normalized spacial score (nSPS) is 9.64. The summed E-state index contributed by atoms with van der Waals surface area (Å²) in [5.41, 5.74) is 0. The van der Waals surface area contributed by atoms with Gasteiger partial charge in [0.25, 0.3) is 0 Å². The molecule has 0 spiro atoms. The predicted molar refractivity (Wildman–Crippen MR) is 47.4 cm³/mol. The highest BCUT2D eigenvalue weighted by molar-refractivity contribution is 8.26. The lowest BCUT2D eigenvalue weighted by Gasteiger charge is -1.95. The van der Waals surface area contributed by atoms with Gasteiger partial charge < -0.3 is 0 Å². The van der Waals surface area contributed by atoms with Crippen molar-refractivity contribution in [2.24, 2.45) is 0 Å². The van der Waals surface area contributed by atoms with Crippen LogP contribution in [0.15, 0.2) is 0 Å². The van der Waals surface area contributed by atoms with E-state index in [-0.39, 0.29) is 10.2 Å². The van der Waals surface area contributed by atoms with Crippen molar-refractivity contribution in [3.63, 3.8) is 0 Å². The van der Waals surface area contributed by atoms with Crippen LogP contribution in [0.4, 0.5) is 0 Å². The fraction of sp³-hybridized carbons (Fsp3) is 0.750. The van der Waals surface area contributed by atoms with Crippen molar-refractivity contribution in [2.75, 3.05) is 0 Å². The van der Waals surface area contributed by atoms with E-state index in [2.05, 4.69) is 0 Å². The van der Waals surface area contributed by atoms with Crippen molar-refractivity contribution in [1.82, 2.24) is 0 Å². The van der Waals surface area contributed by atoms with E-state index in [4.69, 9.17) is 0 Å². The Balaban J connectivity index is 3.49. The minimum Gasteiger partial charge on any atom is -0.287 e. The average Bonchev–Trinajstić information content (AvgIpc) is 1.87. The van der Waals surface area contributed by atoms with E-state index < -0.39 is 0 Å². The molecular formula is C8H14O2S. The molecule has 3 heteroatoms. The van der Waals surface area contributed by atoms with E-state index in [0.717, 1.165) is 24.6 Å². The third kappa shape index (κ3) is 6.10. The molecular weight excluding hydrogens is 160 g/mol. The molecule has 0 fully saturated rings. The molecule has 0 unspecified atom stereocenters. The first-order chi connectivity index (χ1) is 5.20. The van der Waals surface area contributed by atoms with Crippen LogP contribution in [0.25, 0.3) is 0 Å². The second-order valence-electron chi connectivity index (χ2n) is 2.35. The fourth-order valence-corrected chi connectivity index (χ4v) is 1.50. The second kappa shape index (κ2) is 6.40. The molecule has 0 aromatic heterocycles. The Labute approximate surface area is 71.7 Å². The molecule has 0 saturated carbocycles. The second-order valence-corrected chi connectivity index (χ2v) is 3.46. The van der Waals surface area contributed by atoms with Gasteiger partial charge in [-0.3, -0.25) is 9.59 Å². The monoisotopic (exact) mass is 174 g/mol. The Kier molecular flexibility index (Phi) is 6.22. The average molecular weight is 174 g/mol. The van der Waals surface area contributed by atoms with Crippen LogP contribution >= 0.6 is 11.8 Å². The molecule has 0 amide bonds. The van der Waals surface area contributed by atoms with Gasteiger partial charge in [0.2, 0.25) is 0 Å². The van der Waals surface area contributed by atoms with Crippen molar-refractivity contribution in [3.8, 4) is 0 Å². The summed E-state index contributed by atoms with van der Waals surface area (Å²) in [4.78, 5) is 21.7. The Morgan fingerprint density at radius 2 is 1.36 bits per heavy atom. The summed E-state index contributed by atoms with van der Waals surface area (Å²) in [7, 11) is 0. The molecule has 2 nitrogen and oxygen atoms in total. The maximum absolute atomic E-state index is 10.9. The molecule has 64 valence electrons. The number of thioether (sulfide) groups is 1. The molecule has 0 aliphatic carbocycles. The minimum atomic E-state index is 0.00551. The zero-order valence-electron chi connectivity index (χ0n) is 7.05. The number of carbonyl (C=O) groups is 2. The maximum atomic E-state index is 10.9. The van der Waals surface area contributed by atoms with E-state index in [1.165, 1.54) is 0 Å². The number of hydrogen-bond donors (Lipinski definition) is 0. The topological polar surface area (TPSA) is 34.1 Å². The maximum Gasteiger partial charge on any atom is 0.196 e. The summed E-state index contributed by atoms with van der Waals surface area (Å²) >= 11 is 0.871. The first-order valence-electron chi connectivity index (χ1n) is 3.94. The van der Waals surface area contributed by atoms with Crippen LogP contribution in [-0.4, -0.2) is 10.2 Å². The van der Waals surface area contributed by atoms with Gasteiger partial charge in [0, 0.05) is 12.8 Å². The third-order valence-electron chi connectivity index (χ3n) is 1.14. The van der Waals surface area contributed by atoms with Crippen LogP contribution in [0.1, 0.15) is 39.5 Å².